The van der Waals surface area contributed by atoms with Gasteiger partial charge in [-0.15, -0.1) is 0 Å². The van der Waals surface area contributed by atoms with Gasteiger partial charge in [0.1, 0.15) is 72.7 Å². The molecule has 0 aromatic heterocycles. The summed E-state index contributed by atoms with van der Waals surface area (Å²) in [4.78, 5) is 26.9. The van der Waals surface area contributed by atoms with Crippen LogP contribution in [0.1, 0.15) is 100 Å². The predicted octanol–water partition coefficient (Wildman–Crippen LogP) is -3.02. The summed E-state index contributed by atoms with van der Waals surface area (Å²) in [6, 6.07) is 0. The third kappa shape index (κ3) is 15.7. The van der Waals surface area contributed by atoms with E-state index in [1.54, 1.807) is 27.7 Å². The maximum Gasteiger partial charge on any atom is 0.308 e. The fourth-order valence-electron chi connectivity index (χ4n) is 9.57. The van der Waals surface area contributed by atoms with E-state index >= 15 is 0 Å². The third-order valence-electron chi connectivity index (χ3n) is 14.8. The molecule has 0 amide bonds. The quantitative estimate of drug-likeness (QED) is 0.0405. The van der Waals surface area contributed by atoms with Gasteiger partial charge in [-0.2, -0.15) is 0 Å². The molecular formula is C48H84O25. The van der Waals surface area contributed by atoms with Gasteiger partial charge in [-0.05, 0) is 31.6 Å². The summed E-state index contributed by atoms with van der Waals surface area (Å²) >= 11 is 0. The molecule has 73 heavy (non-hydrogen) atoms. The molecule has 426 valence electrons. The van der Waals surface area contributed by atoms with Gasteiger partial charge in [0.15, 0.2) is 31.3 Å². The Morgan fingerprint density at radius 2 is 1.29 bits per heavy atom. The summed E-state index contributed by atoms with van der Waals surface area (Å²) < 4.78 is 64.1. The number of esters is 2. The first-order valence-electron chi connectivity index (χ1n) is 25.6. The molecule has 5 saturated heterocycles. The molecule has 5 aliphatic rings. The topological polar surface area (TPSA) is 378 Å². The molecule has 20 unspecified atom stereocenters. The Labute approximate surface area is 425 Å². The van der Waals surface area contributed by atoms with Crippen LogP contribution in [0.3, 0.4) is 0 Å². The highest BCUT2D eigenvalue weighted by Crippen LogP contribution is 2.36. The molecule has 26 atom stereocenters. The molecule has 0 spiro atoms. The smallest absolute Gasteiger partial charge is 0.308 e. The molecule has 5 aliphatic heterocycles. The second-order valence-electron chi connectivity index (χ2n) is 20.9. The van der Waals surface area contributed by atoms with E-state index in [4.69, 9.17) is 52.1 Å². The molecule has 25 heteroatoms. The van der Waals surface area contributed by atoms with Gasteiger partial charge in [0.05, 0.1) is 82.0 Å². The summed E-state index contributed by atoms with van der Waals surface area (Å²) in [5, 5.41) is 127. The van der Waals surface area contributed by atoms with E-state index in [0.29, 0.717) is 12.8 Å². The number of aliphatic hydroxyl groups is 12. The minimum atomic E-state index is -1.97. The molecule has 5 fully saturated rings. The first-order valence-corrected chi connectivity index (χ1v) is 25.6. The first-order chi connectivity index (χ1) is 34.4. The van der Waals surface area contributed by atoms with Crippen LogP contribution in [0.5, 0.6) is 0 Å². The number of hydrogen-bond acceptors (Lipinski definition) is 25. The molecular weight excluding hydrogens is 977 g/mol. The van der Waals surface area contributed by atoms with Crippen LogP contribution in [-0.2, 0) is 61.7 Å². The lowest BCUT2D eigenvalue weighted by Gasteiger charge is -2.48. The maximum atomic E-state index is 13.6. The van der Waals surface area contributed by atoms with Crippen molar-refractivity contribution in [1.82, 2.24) is 0 Å². The number of ether oxygens (including phenoxy) is 11. The molecule has 12 N–H and O–H groups in total. The summed E-state index contributed by atoms with van der Waals surface area (Å²) in [5.74, 6) is -2.55. The van der Waals surface area contributed by atoms with Crippen molar-refractivity contribution in [3.8, 4) is 0 Å². The molecule has 0 aromatic carbocycles. The van der Waals surface area contributed by atoms with Crippen LogP contribution < -0.4 is 0 Å². The van der Waals surface area contributed by atoms with Crippen LogP contribution in [0.15, 0.2) is 0 Å². The van der Waals surface area contributed by atoms with Crippen LogP contribution in [0.25, 0.3) is 0 Å². The van der Waals surface area contributed by atoms with Gasteiger partial charge >= 0.3 is 11.9 Å². The number of hydrogen-bond donors (Lipinski definition) is 12. The largest absolute Gasteiger partial charge is 0.462 e. The Kier molecular flexibility index (Phi) is 23.4. The van der Waals surface area contributed by atoms with Crippen molar-refractivity contribution in [2.45, 2.75) is 247 Å². The van der Waals surface area contributed by atoms with E-state index in [2.05, 4.69) is 0 Å². The van der Waals surface area contributed by atoms with Gasteiger partial charge in [-0.1, -0.05) is 54.4 Å². The van der Waals surface area contributed by atoms with E-state index in [-0.39, 0.29) is 43.6 Å². The molecule has 0 aromatic rings. The van der Waals surface area contributed by atoms with Crippen molar-refractivity contribution in [1.29, 1.82) is 0 Å². The average molecular weight is 1060 g/mol. The highest BCUT2D eigenvalue weighted by atomic mass is 16.8. The van der Waals surface area contributed by atoms with Crippen LogP contribution in [0.2, 0.25) is 0 Å². The van der Waals surface area contributed by atoms with Crippen LogP contribution in [0, 0.1) is 17.8 Å². The summed E-state index contributed by atoms with van der Waals surface area (Å²) in [7, 11) is 0. The highest BCUT2D eigenvalue weighted by Gasteiger charge is 2.54. The minimum Gasteiger partial charge on any atom is -0.462 e. The monoisotopic (exact) mass is 1060 g/mol. The summed E-state index contributed by atoms with van der Waals surface area (Å²) in [6.45, 7) is 12.0. The van der Waals surface area contributed by atoms with Gasteiger partial charge in [-0.3, -0.25) is 9.59 Å². The molecule has 0 saturated carbocycles. The second kappa shape index (κ2) is 27.6. The Balaban J connectivity index is 1.17. The minimum absolute atomic E-state index is 0.0652. The van der Waals surface area contributed by atoms with Crippen molar-refractivity contribution in [3.05, 3.63) is 0 Å². The lowest BCUT2D eigenvalue weighted by Crippen LogP contribution is -2.65. The molecule has 0 bridgehead atoms. The van der Waals surface area contributed by atoms with Crippen molar-refractivity contribution >= 4 is 11.9 Å². The summed E-state index contributed by atoms with van der Waals surface area (Å²) in [6.07, 6.45) is -29.5. The van der Waals surface area contributed by atoms with Crippen LogP contribution in [-0.4, -0.2) is 246 Å². The standard InChI is InChI=1S/C48H84O25/c1-9-21(5)28(67-32(54)13-26(52)12-29(22(6)10-2)68-46-38(59)36(57)31(16-49)70-46)11-25(51)14-33(55)71-42-35(56)23(7)65-40(20(3)4)43(42)73-45-39(60)37(58)41(24(8)66-45)72-34-15-30(27(53)17-63-34)69-47-44(61)48(62,18-50)19-64-47/h20-31,34-47,49-53,56-62H,9-19H2,1-8H3/t21-,22-,23?,24?,25-,26-,27?,28-,29-,30?,31?,34?,35?,36?,37?,38?,39?,40?,41?,42?,43?,44?,45?,46?,47?,48?/m0/s1. The Hall–Kier alpha value is -1.90. The zero-order chi connectivity index (χ0) is 54.2. The van der Waals surface area contributed by atoms with Crippen LogP contribution in [0.4, 0.5) is 0 Å². The number of rotatable bonds is 25. The van der Waals surface area contributed by atoms with Gasteiger partial charge < -0.3 is 113 Å². The predicted molar refractivity (Wildman–Crippen MR) is 246 cm³/mol. The highest BCUT2D eigenvalue weighted by molar-refractivity contribution is 5.71. The van der Waals surface area contributed by atoms with E-state index in [9.17, 15) is 70.9 Å². The van der Waals surface area contributed by atoms with E-state index in [1.165, 1.54) is 6.92 Å². The number of carbonyl (C=O) groups is 2. The van der Waals surface area contributed by atoms with Crippen molar-refractivity contribution < 1.29 is 123 Å². The fourth-order valence-corrected chi connectivity index (χ4v) is 9.57. The zero-order valence-corrected chi connectivity index (χ0v) is 43.0. The molecule has 25 nitrogen and oxygen atoms in total. The third-order valence-corrected chi connectivity index (χ3v) is 14.8. The van der Waals surface area contributed by atoms with Crippen molar-refractivity contribution in [2.24, 2.45) is 17.8 Å². The molecule has 5 heterocycles. The Morgan fingerprint density at radius 1 is 0.671 bits per heavy atom. The Morgan fingerprint density at radius 3 is 1.88 bits per heavy atom. The van der Waals surface area contributed by atoms with E-state index in [1.807, 2.05) is 20.8 Å². The van der Waals surface area contributed by atoms with Gasteiger partial charge in [0.2, 0.25) is 0 Å². The van der Waals surface area contributed by atoms with Gasteiger partial charge in [0.25, 0.3) is 0 Å². The molecule has 0 aliphatic carbocycles. The van der Waals surface area contributed by atoms with Crippen molar-refractivity contribution in [3.63, 3.8) is 0 Å². The zero-order valence-electron chi connectivity index (χ0n) is 43.0. The summed E-state index contributed by atoms with van der Waals surface area (Å²) in [5.41, 5.74) is -1.97. The number of aliphatic hydroxyl groups excluding tert-OH is 11. The normalized spacial score (nSPS) is 41.7. The van der Waals surface area contributed by atoms with E-state index in [0.717, 1.165) is 0 Å². The van der Waals surface area contributed by atoms with E-state index < -0.39 is 191 Å². The average Bonchev–Trinajstić information content (AvgIpc) is 3.78. The van der Waals surface area contributed by atoms with Gasteiger partial charge in [0, 0.05) is 19.3 Å². The number of carbonyl (C=O) groups excluding carboxylic acids is 2. The molecule has 5 rings (SSSR count). The second-order valence-corrected chi connectivity index (χ2v) is 20.9. The Bertz CT molecular complexity index is 1680. The lowest BCUT2D eigenvalue weighted by molar-refractivity contribution is -0.356. The van der Waals surface area contributed by atoms with Gasteiger partial charge in [-0.25, -0.2) is 0 Å². The maximum absolute atomic E-state index is 13.6. The molecule has 0 radical (unpaired) electrons. The lowest BCUT2D eigenvalue weighted by atomic mass is 9.89. The fraction of sp³-hybridized carbons (Fsp3) is 0.958. The SMILES string of the molecule is CC[C@H](C)[C@H](C[C@H](O)CC(=O)OC1C(O)C(C)OC(C(C)C)C1OC1OC(C)C(OC2CC(OC3OCC(O)(CO)C3O)C(O)CO2)C(O)C1O)OC(=O)C[C@@H](O)C[C@H](OC1OC(CO)C(O)C1O)[C@@H](C)CC. The van der Waals surface area contributed by atoms with Crippen molar-refractivity contribution in [2.75, 3.05) is 26.4 Å². The van der Waals surface area contributed by atoms with Crippen LogP contribution >= 0.6 is 0 Å². The first kappa shape index (κ1) is 61.9.